The lowest BCUT2D eigenvalue weighted by atomic mass is 9.77. The number of nitrogens with two attached hydrogens (primary N) is 1. The Labute approximate surface area is 101 Å². The van der Waals surface area contributed by atoms with Crippen LogP contribution in [0, 0.1) is 11.8 Å². The van der Waals surface area contributed by atoms with E-state index in [1.165, 1.54) is 0 Å². The van der Waals surface area contributed by atoms with Crippen molar-refractivity contribution in [2.24, 2.45) is 17.6 Å². The molecule has 4 N–H and O–H groups in total. The van der Waals surface area contributed by atoms with Crippen LogP contribution in [-0.4, -0.2) is 35.8 Å². The lowest BCUT2D eigenvalue weighted by molar-refractivity contribution is -0.139. The molecule has 0 heterocycles. The molecule has 3 atom stereocenters. The maximum Gasteiger partial charge on any atom is 0.320 e. The highest BCUT2D eigenvalue weighted by Crippen LogP contribution is 2.33. The Morgan fingerprint density at radius 1 is 1.29 bits per heavy atom. The van der Waals surface area contributed by atoms with Crippen molar-refractivity contribution in [3.8, 4) is 0 Å². The van der Waals surface area contributed by atoms with Gasteiger partial charge in [-0.25, -0.2) is 0 Å². The van der Waals surface area contributed by atoms with Gasteiger partial charge in [0.15, 0.2) is 0 Å². The minimum absolute atomic E-state index is 0.0308. The average Bonchev–Trinajstić information content (AvgIpc) is 2.18. The Bertz CT molecular complexity index is 367. The molecule has 17 heavy (non-hydrogen) atoms. The fraction of sp³-hybridized carbons (Fsp3) is 0.900. The fourth-order valence-electron chi connectivity index (χ4n) is 2.51. The summed E-state index contributed by atoms with van der Waals surface area (Å²) >= 11 is 0. The largest absolute Gasteiger partial charge is 0.480 e. The van der Waals surface area contributed by atoms with E-state index in [4.69, 9.17) is 15.4 Å². The molecule has 2 unspecified atom stereocenters. The van der Waals surface area contributed by atoms with E-state index in [2.05, 4.69) is 0 Å². The quantitative estimate of drug-likeness (QED) is 0.622. The molecule has 0 aromatic carbocycles. The summed E-state index contributed by atoms with van der Waals surface area (Å²) in [6.07, 6.45) is 3.63. The van der Waals surface area contributed by atoms with Crippen molar-refractivity contribution in [2.75, 3.05) is 5.75 Å². The van der Waals surface area contributed by atoms with Crippen molar-refractivity contribution < 1.29 is 22.9 Å². The van der Waals surface area contributed by atoms with Crippen LogP contribution in [-0.2, 0) is 14.9 Å². The van der Waals surface area contributed by atoms with Crippen LogP contribution in [0.5, 0.6) is 0 Å². The van der Waals surface area contributed by atoms with Gasteiger partial charge in [0.2, 0.25) is 0 Å². The van der Waals surface area contributed by atoms with Crippen molar-refractivity contribution in [1.82, 2.24) is 0 Å². The molecular formula is C10H19NO5S. The Hall–Kier alpha value is -0.660. The average molecular weight is 265 g/mol. The fourth-order valence-corrected chi connectivity index (χ4v) is 3.49. The summed E-state index contributed by atoms with van der Waals surface area (Å²) in [5.41, 5.74) is 5.46. The zero-order valence-corrected chi connectivity index (χ0v) is 10.4. The van der Waals surface area contributed by atoms with E-state index in [-0.39, 0.29) is 24.0 Å². The SMILES string of the molecule is N[C@@H](CC1CCCCC1CS(=O)(=O)O)C(=O)O. The number of rotatable bonds is 5. The molecular weight excluding hydrogens is 246 g/mol. The molecule has 0 amide bonds. The van der Waals surface area contributed by atoms with Crippen LogP contribution in [0.2, 0.25) is 0 Å². The van der Waals surface area contributed by atoms with Crippen molar-refractivity contribution in [3.63, 3.8) is 0 Å². The van der Waals surface area contributed by atoms with Gasteiger partial charge in [-0.3, -0.25) is 9.35 Å². The third-order valence-electron chi connectivity index (χ3n) is 3.37. The molecule has 0 bridgehead atoms. The maximum atomic E-state index is 10.9. The smallest absolute Gasteiger partial charge is 0.320 e. The van der Waals surface area contributed by atoms with Gasteiger partial charge in [-0.05, 0) is 24.7 Å². The molecule has 7 heteroatoms. The second-order valence-electron chi connectivity index (χ2n) is 4.73. The van der Waals surface area contributed by atoms with E-state index in [1.807, 2.05) is 0 Å². The molecule has 100 valence electrons. The summed E-state index contributed by atoms with van der Waals surface area (Å²) in [7, 11) is -4.00. The van der Waals surface area contributed by atoms with Crippen LogP contribution in [0.25, 0.3) is 0 Å². The molecule has 1 aliphatic carbocycles. The highest BCUT2D eigenvalue weighted by molar-refractivity contribution is 7.85. The Kier molecular flexibility index (Phi) is 4.91. The predicted molar refractivity (Wildman–Crippen MR) is 62.1 cm³/mol. The molecule has 0 saturated heterocycles. The summed E-state index contributed by atoms with van der Waals surface area (Å²) < 4.78 is 30.6. The van der Waals surface area contributed by atoms with Gasteiger partial charge in [0.25, 0.3) is 10.1 Å². The predicted octanol–water partition coefficient (Wildman–Crippen LogP) is 0.483. The van der Waals surface area contributed by atoms with Gasteiger partial charge >= 0.3 is 5.97 Å². The number of carbonyl (C=O) groups is 1. The van der Waals surface area contributed by atoms with E-state index in [1.54, 1.807) is 0 Å². The van der Waals surface area contributed by atoms with Gasteiger partial charge in [-0.1, -0.05) is 19.3 Å². The minimum atomic E-state index is -4.00. The minimum Gasteiger partial charge on any atom is -0.480 e. The van der Waals surface area contributed by atoms with Gasteiger partial charge in [-0.15, -0.1) is 0 Å². The highest BCUT2D eigenvalue weighted by atomic mass is 32.2. The monoisotopic (exact) mass is 265 g/mol. The summed E-state index contributed by atoms with van der Waals surface area (Å²) in [5, 5.41) is 8.74. The summed E-state index contributed by atoms with van der Waals surface area (Å²) in [4.78, 5) is 10.7. The topological polar surface area (TPSA) is 118 Å². The normalized spacial score (nSPS) is 27.6. The van der Waals surface area contributed by atoms with E-state index >= 15 is 0 Å². The molecule has 0 aliphatic heterocycles. The number of carboxylic acid groups (broad SMARTS) is 1. The standard InChI is InChI=1S/C10H19NO5S/c11-9(10(12)13)5-7-3-1-2-4-8(7)6-17(14,15)16/h7-9H,1-6,11H2,(H,12,13)(H,14,15,16)/t7?,8?,9-/m0/s1. The van der Waals surface area contributed by atoms with Gasteiger partial charge < -0.3 is 10.8 Å². The lowest BCUT2D eigenvalue weighted by Gasteiger charge is -2.31. The first-order valence-electron chi connectivity index (χ1n) is 5.73. The van der Waals surface area contributed by atoms with Crippen molar-refractivity contribution in [3.05, 3.63) is 0 Å². The zero-order chi connectivity index (χ0) is 13.1. The van der Waals surface area contributed by atoms with E-state index in [0.29, 0.717) is 6.42 Å². The first-order chi connectivity index (χ1) is 7.79. The molecule has 0 aromatic heterocycles. The zero-order valence-electron chi connectivity index (χ0n) is 9.58. The molecule has 6 nitrogen and oxygen atoms in total. The summed E-state index contributed by atoms with van der Waals surface area (Å²) in [6.45, 7) is 0. The second kappa shape index (κ2) is 5.79. The maximum absolute atomic E-state index is 10.9. The Balaban J connectivity index is 2.63. The number of carboxylic acids is 1. The van der Waals surface area contributed by atoms with E-state index in [0.717, 1.165) is 19.3 Å². The summed E-state index contributed by atoms with van der Waals surface area (Å²) in [6, 6.07) is -0.956. The molecule has 1 aliphatic rings. The molecule has 1 rings (SSSR count). The van der Waals surface area contributed by atoms with Crippen LogP contribution in [0.15, 0.2) is 0 Å². The number of hydrogen-bond acceptors (Lipinski definition) is 4. The van der Waals surface area contributed by atoms with Gasteiger partial charge in [0.1, 0.15) is 6.04 Å². The van der Waals surface area contributed by atoms with Crippen LogP contribution >= 0.6 is 0 Å². The molecule has 0 aromatic rings. The Morgan fingerprint density at radius 2 is 1.82 bits per heavy atom. The Morgan fingerprint density at radius 3 is 2.29 bits per heavy atom. The lowest BCUT2D eigenvalue weighted by Crippen LogP contribution is -2.36. The van der Waals surface area contributed by atoms with Gasteiger partial charge in [0.05, 0.1) is 5.75 Å². The number of hydrogen-bond donors (Lipinski definition) is 3. The van der Waals surface area contributed by atoms with Crippen LogP contribution in [0.3, 0.4) is 0 Å². The third-order valence-corrected chi connectivity index (χ3v) is 4.21. The summed E-state index contributed by atoms with van der Waals surface area (Å²) in [5.74, 6) is -1.56. The van der Waals surface area contributed by atoms with Gasteiger partial charge in [0, 0.05) is 0 Å². The molecule has 0 radical (unpaired) electrons. The van der Waals surface area contributed by atoms with Crippen molar-refractivity contribution >= 4 is 16.1 Å². The van der Waals surface area contributed by atoms with Gasteiger partial charge in [-0.2, -0.15) is 8.42 Å². The molecule has 0 spiro atoms. The van der Waals surface area contributed by atoms with Crippen LogP contribution in [0.1, 0.15) is 32.1 Å². The third kappa shape index (κ3) is 5.01. The molecule has 1 saturated carbocycles. The van der Waals surface area contributed by atoms with Crippen molar-refractivity contribution in [1.29, 1.82) is 0 Å². The van der Waals surface area contributed by atoms with E-state index < -0.39 is 22.1 Å². The molecule has 1 fully saturated rings. The van der Waals surface area contributed by atoms with Crippen LogP contribution in [0.4, 0.5) is 0 Å². The van der Waals surface area contributed by atoms with Crippen molar-refractivity contribution in [2.45, 2.75) is 38.1 Å². The number of aliphatic carboxylic acids is 1. The highest BCUT2D eigenvalue weighted by Gasteiger charge is 2.31. The van der Waals surface area contributed by atoms with Crippen LogP contribution < -0.4 is 5.73 Å². The first kappa shape index (κ1) is 14.4. The second-order valence-corrected chi connectivity index (χ2v) is 6.23. The van der Waals surface area contributed by atoms with E-state index in [9.17, 15) is 13.2 Å². The first-order valence-corrected chi connectivity index (χ1v) is 7.34.